The van der Waals surface area contributed by atoms with E-state index in [0.717, 1.165) is 17.8 Å². The van der Waals surface area contributed by atoms with Crippen LogP contribution in [0.4, 0.5) is 0 Å². The molecule has 0 radical (unpaired) electrons. The Morgan fingerprint density at radius 2 is 0.698 bits per heavy atom. The van der Waals surface area contributed by atoms with Crippen LogP contribution in [-0.4, -0.2) is 17.9 Å². The van der Waals surface area contributed by atoms with Gasteiger partial charge in [0.1, 0.15) is 17.2 Å². The van der Waals surface area contributed by atoms with Gasteiger partial charge in [-0.2, -0.15) is 0 Å². The summed E-state index contributed by atoms with van der Waals surface area (Å²) in [6.07, 6.45) is 31.7. The third-order valence-electron chi connectivity index (χ3n) is 13.6. The molecule has 3 fully saturated rings. The topological polar surface area (TPSA) is 78.9 Å². The van der Waals surface area contributed by atoms with Gasteiger partial charge in [0.2, 0.25) is 0 Å². The maximum absolute atomic E-state index is 11.2. The fourth-order valence-electron chi connectivity index (χ4n) is 9.83. The van der Waals surface area contributed by atoms with Crippen molar-refractivity contribution in [2.45, 2.75) is 173 Å². The van der Waals surface area contributed by atoms with Crippen LogP contribution in [-0.2, 0) is 14.4 Å². The van der Waals surface area contributed by atoms with Crippen molar-refractivity contribution in [1.29, 1.82) is 0 Å². The quantitative estimate of drug-likeness (QED) is 0.0549. The Balaban J connectivity index is 0.000000208. The molecule has 0 aromatic heterocycles. The largest absolute Gasteiger partial charge is 0.423 e. The van der Waals surface area contributed by atoms with E-state index in [1.807, 2.05) is 36.4 Å². The second-order valence-corrected chi connectivity index (χ2v) is 18.2. The normalized spacial score (nSPS) is 21.8. The van der Waals surface area contributed by atoms with Crippen molar-refractivity contribution in [3.63, 3.8) is 0 Å². The maximum atomic E-state index is 11.2. The van der Waals surface area contributed by atoms with Gasteiger partial charge in [-0.15, -0.1) is 0 Å². The van der Waals surface area contributed by atoms with Gasteiger partial charge >= 0.3 is 17.9 Å². The standard InChI is InChI=1S/C20H28O2.C19H26O2.C18H24O2/c1-3-5-6-7-16-8-10-17(11-9-16)18-12-14-19(15-13-18)22-20(21)4-2;1-3-5-6-15-7-9-16(10-8-15)17-11-13-18(14-12-17)21-19(20)4-2;1-3-5-14-6-8-15(9-7-14)16-10-12-17(13-11-16)20-18(19)4-2/h4,12-17H,2-3,5-11H2,1H3;4,11-16H,2-3,5-10H2,1H3;4,10-15H,2-3,5-9H2,1H3. The summed E-state index contributed by atoms with van der Waals surface area (Å²) in [7, 11) is 0. The van der Waals surface area contributed by atoms with E-state index in [-0.39, 0.29) is 0 Å². The molecule has 0 amide bonds. The molecule has 0 aliphatic heterocycles. The molecule has 3 aliphatic carbocycles. The van der Waals surface area contributed by atoms with Gasteiger partial charge < -0.3 is 14.2 Å². The number of hydrogen-bond acceptors (Lipinski definition) is 6. The van der Waals surface area contributed by atoms with Gasteiger partial charge in [-0.1, -0.05) is 135 Å². The fraction of sp³-hybridized carbons (Fsp3) is 0.526. The monoisotopic (exact) mass is 859 g/mol. The van der Waals surface area contributed by atoms with E-state index in [0.29, 0.717) is 35.0 Å². The van der Waals surface area contributed by atoms with E-state index in [2.05, 4.69) is 76.9 Å². The average molecular weight is 859 g/mol. The zero-order chi connectivity index (χ0) is 45.2. The first-order valence-corrected chi connectivity index (χ1v) is 24.5. The van der Waals surface area contributed by atoms with Crippen LogP contribution in [0.2, 0.25) is 0 Å². The average Bonchev–Trinajstić information content (AvgIpc) is 3.33. The van der Waals surface area contributed by atoms with E-state index in [1.54, 1.807) is 0 Å². The second-order valence-electron chi connectivity index (χ2n) is 18.2. The maximum Gasteiger partial charge on any atom is 0.335 e. The molecule has 3 aromatic rings. The number of ether oxygens (including phenoxy) is 3. The van der Waals surface area contributed by atoms with Crippen LogP contribution in [0.25, 0.3) is 0 Å². The van der Waals surface area contributed by atoms with E-state index in [9.17, 15) is 14.4 Å². The smallest absolute Gasteiger partial charge is 0.335 e. The molecular formula is C57H78O6. The molecule has 0 spiro atoms. The number of unbranched alkanes of at least 4 members (excludes halogenated alkanes) is 3. The Morgan fingerprint density at radius 1 is 0.413 bits per heavy atom. The summed E-state index contributed by atoms with van der Waals surface area (Å²) >= 11 is 0. The van der Waals surface area contributed by atoms with Gasteiger partial charge in [-0.25, -0.2) is 14.4 Å². The lowest BCUT2D eigenvalue weighted by Gasteiger charge is -2.29. The summed E-state index contributed by atoms with van der Waals surface area (Å²) in [5.41, 5.74) is 4.13. The molecule has 342 valence electrons. The third kappa shape index (κ3) is 18.5. The number of esters is 3. The molecule has 0 N–H and O–H groups in total. The summed E-state index contributed by atoms with van der Waals surface area (Å²) in [5.74, 6) is 5.41. The van der Waals surface area contributed by atoms with Crippen LogP contribution >= 0.6 is 0 Å². The lowest BCUT2D eigenvalue weighted by molar-refractivity contribution is -0.129. The summed E-state index contributed by atoms with van der Waals surface area (Å²) in [6, 6.07) is 23.9. The summed E-state index contributed by atoms with van der Waals surface area (Å²) in [6.45, 7) is 17.0. The number of carbonyl (C=O) groups excluding carboxylic acids is 3. The molecule has 0 unspecified atom stereocenters. The summed E-state index contributed by atoms with van der Waals surface area (Å²) in [5, 5.41) is 0. The van der Waals surface area contributed by atoms with Gasteiger partial charge in [-0.3, -0.25) is 0 Å². The van der Waals surface area contributed by atoms with Crippen LogP contribution in [0.15, 0.2) is 111 Å². The van der Waals surface area contributed by atoms with Crippen molar-refractivity contribution in [3.8, 4) is 17.2 Å². The molecule has 6 heteroatoms. The summed E-state index contributed by atoms with van der Waals surface area (Å²) in [4.78, 5) is 33.4. The van der Waals surface area contributed by atoms with Crippen LogP contribution in [0.3, 0.4) is 0 Å². The Labute approximate surface area is 381 Å². The molecule has 3 aromatic carbocycles. The van der Waals surface area contributed by atoms with Crippen molar-refractivity contribution in [3.05, 3.63) is 127 Å². The Morgan fingerprint density at radius 3 is 0.968 bits per heavy atom. The molecule has 63 heavy (non-hydrogen) atoms. The Bertz CT molecular complexity index is 1780. The number of hydrogen-bond donors (Lipinski definition) is 0. The van der Waals surface area contributed by atoms with E-state index in [4.69, 9.17) is 14.2 Å². The Hall–Kier alpha value is -4.71. The fourth-order valence-corrected chi connectivity index (χ4v) is 9.83. The molecule has 6 rings (SSSR count). The zero-order valence-electron chi connectivity index (χ0n) is 39.0. The van der Waals surface area contributed by atoms with Gasteiger partial charge in [-0.05, 0) is 166 Å². The molecule has 0 bridgehead atoms. The van der Waals surface area contributed by atoms with Gasteiger partial charge in [0, 0.05) is 18.2 Å². The van der Waals surface area contributed by atoms with Crippen molar-refractivity contribution in [2.75, 3.05) is 0 Å². The predicted octanol–water partition coefficient (Wildman–Crippen LogP) is 15.7. The highest BCUT2D eigenvalue weighted by molar-refractivity contribution is 5.84. The minimum Gasteiger partial charge on any atom is -0.423 e. The first-order chi connectivity index (χ1) is 30.7. The number of rotatable bonds is 18. The number of carbonyl (C=O) groups is 3. The lowest BCUT2D eigenvalue weighted by Crippen LogP contribution is -2.13. The first kappa shape index (κ1) is 50.9. The van der Waals surface area contributed by atoms with E-state index in [1.165, 1.54) is 170 Å². The molecule has 3 aliphatic rings. The molecule has 3 saturated carbocycles. The van der Waals surface area contributed by atoms with Gasteiger partial charge in [0.25, 0.3) is 0 Å². The third-order valence-corrected chi connectivity index (χ3v) is 13.6. The van der Waals surface area contributed by atoms with Crippen LogP contribution < -0.4 is 14.2 Å². The van der Waals surface area contributed by atoms with Crippen LogP contribution in [0, 0.1) is 17.8 Å². The SMILES string of the molecule is C=CC(=O)Oc1ccc(C2CCC(CCC)CC2)cc1.C=CC(=O)Oc1ccc(C2CCC(CCCC)CC2)cc1.C=CC(=O)Oc1ccc(C2CCC(CCCCC)CC2)cc1. The highest BCUT2D eigenvalue weighted by atomic mass is 16.5. The van der Waals surface area contributed by atoms with E-state index >= 15 is 0 Å². The lowest BCUT2D eigenvalue weighted by atomic mass is 9.77. The molecule has 0 saturated heterocycles. The highest BCUT2D eigenvalue weighted by Crippen LogP contribution is 2.40. The van der Waals surface area contributed by atoms with Gasteiger partial charge in [0.15, 0.2) is 0 Å². The van der Waals surface area contributed by atoms with Crippen molar-refractivity contribution in [1.82, 2.24) is 0 Å². The predicted molar refractivity (Wildman–Crippen MR) is 259 cm³/mol. The van der Waals surface area contributed by atoms with Crippen molar-refractivity contribution < 1.29 is 28.6 Å². The second kappa shape index (κ2) is 28.9. The van der Waals surface area contributed by atoms with Crippen LogP contribution in [0.1, 0.15) is 190 Å². The minimum absolute atomic E-state index is 0.402. The minimum atomic E-state index is -0.405. The molecule has 0 heterocycles. The summed E-state index contributed by atoms with van der Waals surface area (Å²) < 4.78 is 15.3. The molecule has 6 nitrogen and oxygen atoms in total. The molecular weight excluding hydrogens is 781 g/mol. The van der Waals surface area contributed by atoms with E-state index < -0.39 is 17.9 Å². The molecule has 0 atom stereocenters. The van der Waals surface area contributed by atoms with Crippen molar-refractivity contribution in [2.24, 2.45) is 17.8 Å². The Kier molecular flexibility index (Phi) is 23.3. The van der Waals surface area contributed by atoms with Gasteiger partial charge in [0.05, 0.1) is 0 Å². The number of benzene rings is 3. The highest BCUT2D eigenvalue weighted by Gasteiger charge is 2.24. The first-order valence-electron chi connectivity index (χ1n) is 24.5. The van der Waals surface area contributed by atoms with Crippen LogP contribution in [0.5, 0.6) is 17.2 Å². The van der Waals surface area contributed by atoms with Crippen molar-refractivity contribution >= 4 is 17.9 Å². The zero-order valence-corrected chi connectivity index (χ0v) is 39.0.